The van der Waals surface area contributed by atoms with Crippen molar-refractivity contribution in [2.24, 2.45) is 5.14 Å². The van der Waals surface area contributed by atoms with E-state index in [1.165, 1.54) is 0 Å². The normalized spacial score (nSPS) is 11.2. The Labute approximate surface area is 109 Å². The van der Waals surface area contributed by atoms with E-state index in [0.29, 0.717) is 10.0 Å². The second-order valence-corrected chi connectivity index (χ2v) is 6.19. The van der Waals surface area contributed by atoms with Crippen molar-refractivity contribution < 1.29 is 13.2 Å². The number of hydrogen-bond donors (Lipinski definition) is 2. The van der Waals surface area contributed by atoms with Crippen LogP contribution in [0.25, 0.3) is 0 Å². The van der Waals surface area contributed by atoms with E-state index in [1.54, 1.807) is 12.1 Å². The highest BCUT2D eigenvalue weighted by molar-refractivity contribution is 9.10. The van der Waals surface area contributed by atoms with Gasteiger partial charge >= 0.3 is 0 Å². The van der Waals surface area contributed by atoms with E-state index in [9.17, 15) is 13.2 Å². The van der Waals surface area contributed by atoms with Gasteiger partial charge in [0.15, 0.2) is 0 Å². The van der Waals surface area contributed by atoms with E-state index in [4.69, 9.17) is 5.14 Å². The van der Waals surface area contributed by atoms with Crippen LogP contribution in [0.15, 0.2) is 22.7 Å². The monoisotopic (exact) mass is 320 g/mol. The third-order valence-corrected chi connectivity index (χ3v) is 3.50. The van der Waals surface area contributed by atoms with E-state index in [0.717, 1.165) is 5.56 Å². The molecular formula is C10H13BrN2O3S. The minimum atomic E-state index is -3.55. The summed E-state index contributed by atoms with van der Waals surface area (Å²) in [5.74, 6) is -0.605. The van der Waals surface area contributed by atoms with E-state index in [2.05, 4.69) is 21.2 Å². The molecule has 5 nitrogen and oxygen atoms in total. The molecule has 0 atom stereocenters. The first-order valence-corrected chi connectivity index (χ1v) is 7.35. The van der Waals surface area contributed by atoms with Crippen LogP contribution in [0.3, 0.4) is 0 Å². The van der Waals surface area contributed by atoms with Crippen molar-refractivity contribution in [3.63, 3.8) is 0 Å². The number of carbonyl (C=O) groups excluding carboxylic acids is 1. The van der Waals surface area contributed by atoms with Crippen LogP contribution >= 0.6 is 15.9 Å². The van der Waals surface area contributed by atoms with Gasteiger partial charge in [-0.05, 0) is 35.0 Å². The van der Waals surface area contributed by atoms with E-state index >= 15 is 0 Å². The predicted octanol–water partition coefficient (Wildman–Crippen LogP) is 0.776. The molecule has 0 aliphatic carbocycles. The molecule has 7 heteroatoms. The number of halogens is 1. The Bertz CT molecular complexity index is 528. The minimum absolute atomic E-state index is 0.00194. The van der Waals surface area contributed by atoms with Crippen LogP contribution in [0, 0.1) is 6.92 Å². The lowest BCUT2D eigenvalue weighted by molar-refractivity contribution is 0.0955. The van der Waals surface area contributed by atoms with Gasteiger partial charge < -0.3 is 5.32 Å². The summed E-state index contributed by atoms with van der Waals surface area (Å²) in [6, 6.07) is 5.35. The van der Waals surface area contributed by atoms with Crippen LogP contribution in [0.4, 0.5) is 0 Å². The molecule has 0 aromatic heterocycles. The Hall–Kier alpha value is -0.920. The molecule has 1 aromatic rings. The van der Waals surface area contributed by atoms with Gasteiger partial charge in [-0.25, -0.2) is 13.6 Å². The van der Waals surface area contributed by atoms with Crippen LogP contribution in [-0.4, -0.2) is 26.6 Å². The molecule has 94 valence electrons. The largest absolute Gasteiger partial charge is 0.351 e. The number of benzene rings is 1. The fourth-order valence-corrected chi connectivity index (χ4v) is 2.03. The molecule has 17 heavy (non-hydrogen) atoms. The highest BCUT2D eigenvalue weighted by atomic mass is 79.9. The first-order chi connectivity index (χ1) is 7.79. The SMILES string of the molecule is Cc1ccc(Br)c(C(=O)NCCS(N)(=O)=O)c1. The van der Waals surface area contributed by atoms with Gasteiger partial charge in [-0.1, -0.05) is 11.6 Å². The summed E-state index contributed by atoms with van der Waals surface area (Å²) in [5.41, 5.74) is 1.42. The van der Waals surface area contributed by atoms with Crippen LogP contribution in [0.1, 0.15) is 15.9 Å². The topological polar surface area (TPSA) is 89.3 Å². The maximum absolute atomic E-state index is 11.7. The smallest absolute Gasteiger partial charge is 0.252 e. The molecule has 0 unspecified atom stereocenters. The molecule has 0 aliphatic rings. The summed E-state index contributed by atoms with van der Waals surface area (Å²) in [7, 11) is -3.55. The van der Waals surface area contributed by atoms with Crippen LogP contribution in [0.5, 0.6) is 0 Å². The lowest BCUT2D eigenvalue weighted by atomic mass is 10.1. The van der Waals surface area contributed by atoms with Gasteiger partial charge in [0.05, 0.1) is 11.3 Å². The number of nitrogens with one attached hydrogen (secondary N) is 1. The number of aryl methyl sites for hydroxylation is 1. The molecule has 0 bridgehead atoms. The third kappa shape index (κ3) is 4.84. The fourth-order valence-electron chi connectivity index (χ4n) is 1.22. The number of nitrogens with two attached hydrogens (primary N) is 1. The van der Waals surface area contributed by atoms with E-state index in [-0.39, 0.29) is 18.2 Å². The van der Waals surface area contributed by atoms with Crippen molar-refractivity contribution in [3.05, 3.63) is 33.8 Å². The summed E-state index contributed by atoms with van der Waals surface area (Å²) in [6.07, 6.45) is 0. The molecule has 1 aromatic carbocycles. The Balaban J connectivity index is 2.67. The molecule has 0 spiro atoms. The summed E-state index contributed by atoms with van der Waals surface area (Å²) < 4.78 is 22.0. The predicted molar refractivity (Wildman–Crippen MR) is 69.2 cm³/mol. The van der Waals surface area contributed by atoms with Gasteiger partial charge in [0.2, 0.25) is 10.0 Å². The molecule has 0 radical (unpaired) electrons. The summed E-state index contributed by atoms with van der Waals surface area (Å²) in [6.45, 7) is 1.87. The van der Waals surface area contributed by atoms with Crippen molar-refractivity contribution in [3.8, 4) is 0 Å². The molecule has 0 saturated heterocycles. The third-order valence-electron chi connectivity index (χ3n) is 2.04. The number of rotatable bonds is 4. The number of primary sulfonamides is 1. The maximum atomic E-state index is 11.7. The van der Waals surface area contributed by atoms with Crippen molar-refractivity contribution in [2.45, 2.75) is 6.92 Å². The maximum Gasteiger partial charge on any atom is 0.252 e. The number of amides is 1. The van der Waals surface area contributed by atoms with Gasteiger partial charge in [-0.3, -0.25) is 4.79 Å². The van der Waals surface area contributed by atoms with Gasteiger partial charge in [0.25, 0.3) is 5.91 Å². The molecule has 1 amide bonds. The molecule has 0 heterocycles. The van der Waals surface area contributed by atoms with Crippen molar-refractivity contribution in [1.29, 1.82) is 0 Å². The highest BCUT2D eigenvalue weighted by Crippen LogP contribution is 2.17. The van der Waals surface area contributed by atoms with Crippen LogP contribution in [0.2, 0.25) is 0 Å². The van der Waals surface area contributed by atoms with Crippen molar-refractivity contribution in [2.75, 3.05) is 12.3 Å². The average Bonchev–Trinajstić information content (AvgIpc) is 2.19. The van der Waals surface area contributed by atoms with Gasteiger partial charge in [-0.15, -0.1) is 0 Å². The van der Waals surface area contributed by atoms with Crippen LogP contribution in [-0.2, 0) is 10.0 Å². The summed E-state index contributed by atoms with van der Waals surface area (Å²) >= 11 is 3.26. The Morgan fingerprint density at radius 3 is 2.71 bits per heavy atom. The van der Waals surface area contributed by atoms with Gasteiger partial charge in [0.1, 0.15) is 0 Å². The zero-order valence-corrected chi connectivity index (χ0v) is 11.6. The Morgan fingerprint density at radius 2 is 2.12 bits per heavy atom. The first kappa shape index (κ1) is 14.1. The van der Waals surface area contributed by atoms with E-state index in [1.807, 2.05) is 13.0 Å². The molecular weight excluding hydrogens is 308 g/mol. The standard InChI is InChI=1S/C10H13BrN2O3S/c1-7-2-3-9(11)8(6-7)10(14)13-4-5-17(12,15)16/h2-3,6H,4-5H2,1H3,(H,13,14)(H2,12,15,16). The second-order valence-electron chi connectivity index (χ2n) is 3.61. The number of sulfonamides is 1. The summed E-state index contributed by atoms with van der Waals surface area (Å²) in [4.78, 5) is 11.7. The number of carbonyl (C=O) groups is 1. The minimum Gasteiger partial charge on any atom is -0.351 e. The van der Waals surface area contributed by atoms with Crippen molar-refractivity contribution >= 4 is 31.9 Å². The Morgan fingerprint density at radius 1 is 1.47 bits per heavy atom. The fraction of sp³-hybridized carbons (Fsp3) is 0.300. The zero-order valence-electron chi connectivity index (χ0n) is 9.23. The highest BCUT2D eigenvalue weighted by Gasteiger charge is 2.10. The van der Waals surface area contributed by atoms with E-state index < -0.39 is 10.0 Å². The molecule has 0 saturated carbocycles. The molecule has 0 fully saturated rings. The molecule has 3 N–H and O–H groups in total. The number of hydrogen-bond acceptors (Lipinski definition) is 3. The quantitative estimate of drug-likeness (QED) is 0.859. The second kappa shape index (κ2) is 5.61. The zero-order chi connectivity index (χ0) is 13.1. The molecule has 1 rings (SSSR count). The summed E-state index contributed by atoms with van der Waals surface area (Å²) in [5, 5.41) is 7.32. The first-order valence-electron chi connectivity index (χ1n) is 4.84. The lowest BCUT2D eigenvalue weighted by Gasteiger charge is -2.07. The molecule has 0 aliphatic heterocycles. The van der Waals surface area contributed by atoms with Gasteiger partial charge in [-0.2, -0.15) is 0 Å². The van der Waals surface area contributed by atoms with Crippen LogP contribution < -0.4 is 10.5 Å². The Kier molecular flexibility index (Phi) is 4.67. The average molecular weight is 321 g/mol. The van der Waals surface area contributed by atoms with Crippen molar-refractivity contribution in [1.82, 2.24) is 5.32 Å². The lowest BCUT2D eigenvalue weighted by Crippen LogP contribution is -2.31. The van der Waals surface area contributed by atoms with Gasteiger partial charge in [0, 0.05) is 11.0 Å².